The van der Waals surface area contributed by atoms with E-state index in [4.69, 9.17) is 48.2 Å². The number of benzene rings is 2. The molecule has 0 unspecified atom stereocenters. The van der Waals surface area contributed by atoms with E-state index < -0.39 is 95.9 Å². The number of carboxylic acid groups (broad SMARTS) is 5. The number of methoxy groups -OCH3 is 1. The molecule has 7 rings (SSSR count). The minimum absolute atomic E-state index is 0.00919. The van der Waals surface area contributed by atoms with Crippen molar-refractivity contribution in [3.05, 3.63) is 70.1 Å². The maximum Gasteiger partial charge on any atom is 0.317 e. The first kappa shape index (κ1) is 74.3. The zero-order chi connectivity index (χ0) is 70.0. The summed E-state index contributed by atoms with van der Waals surface area (Å²) in [5.41, 5.74) is 8.75. The number of pyridine rings is 1. The van der Waals surface area contributed by atoms with Crippen molar-refractivity contribution in [2.75, 3.05) is 124 Å². The Morgan fingerprint density at radius 3 is 1.77 bits per heavy atom. The molecule has 520 valence electrons. The highest BCUT2D eigenvalue weighted by atomic mass is 35.5. The smallest absolute Gasteiger partial charge is 0.317 e. The van der Waals surface area contributed by atoms with Gasteiger partial charge in [0.15, 0.2) is 5.69 Å². The van der Waals surface area contributed by atoms with E-state index in [9.17, 15) is 78.3 Å². The number of nitrogens with one attached hydrogen (secondary N) is 5. The molecule has 0 aliphatic carbocycles. The highest BCUT2D eigenvalue weighted by Gasteiger charge is 2.40. The summed E-state index contributed by atoms with van der Waals surface area (Å²) in [7, 11) is 1.46. The maximum absolute atomic E-state index is 14.4. The lowest BCUT2D eigenvalue weighted by atomic mass is 9.95. The van der Waals surface area contributed by atoms with E-state index in [1.54, 1.807) is 65.6 Å². The van der Waals surface area contributed by atoms with Crippen LogP contribution in [0.5, 0.6) is 11.5 Å². The van der Waals surface area contributed by atoms with Gasteiger partial charge in [-0.3, -0.25) is 77.3 Å². The lowest BCUT2D eigenvalue weighted by Gasteiger charge is -2.41. The fourth-order valence-electron chi connectivity index (χ4n) is 11.0. The van der Waals surface area contributed by atoms with Crippen molar-refractivity contribution in [2.45, 2.75) is 76.2 Å². The average Bonchev–Trinajstić information content (AvgIpc) is 1.55. The normalized spacial score (nSPS) is 16.5. The molecule has 2 aromatic carbocycles. The van der Waals surface area contributed by atoms with E-state index in [0.717, 1.165) is 0 Å². The molecule has 0 bridgehead atoms. The van der Waals surface area contributed by atoms with Gasteiger partial charge in [-0.05, 0) is 57.0 Å². The van der Waals surface area contributed by atoms with Crippen molar-refractivity contribution in [3.63, 3.8) is 0 Å². The van der Waals surface area contributed by atoms with E-state index in [0.29, 0.717) is 74.9 Å². The molecule has 4 aromatic rings. The van der Waals surface area contributed by atoms with Crippen LogP contribution in [0, 0.1) is 0 Å². The largest absolute Gasteiger partial charge is 0.496 e. The predicted octanol–water partition coefficient (Wildman–Crippen LogP) is 0.123. The lowest BCUT2D eigenvalue weighted by molar-refractivity contribution is -0.143. The van der Waals surface area contributed by atoms with Gasteiger partial charge in [0.2, 0.25) is 29.5 Å². The van der Waals surface area contributed by atoms with Gasteiger partial charge in [0.05, 0.1) is 94.2 Å². The number of amides is 6. The second-order valence-electron chi connectivity index (χ2n) is 23.6. The number of carboxylic acids is 5. The Morgan fingerprint density at radius 1 is 0.656 bits per heavy atom. The van der Waals surface area contributed by atoms with E-state index in [2.05, 4.69) is 31.6 Å². The molecule has 2 saturated heterocycles. The summed E-state index contributed by atoms with van der Waals surface area (Å²) >= 11 is 13.0. The number of anilines is 1. The Bertz CT molecular complexity index is 3500. The lowest BCUT2D eigenvalue weighted by Crippen LogP contribution is -2.56. The molecule has 33 nitrogen and oxygen atoms in total. The van der Waals surface area contributed by atoms with Gasteiger partial charge in [-0.1, -0.05) is 23.2 Å². The molecule has 12 N–H and O–H groups in total. The van der Waals surface area contributed by atoms with Crippen LogP contribution in [0.1, 0.15) is 62.0 Å². The Hall–Kier alpha value is -9.09. The monoisotopic (exact) mass is 1380 g/mol. The molecular formula is C61H78Cl2N14O19. The SMILES string of the molecule is COc1cc2c(cc1-c1cncc(NC(=O)CCNC(=O)[C@@H](CC(=O)O)NC(=O)[C@@H](CC(=O)O)NC(=O)[C@H](N)CCCNC(=O)CN3CCN(CC(=O)O)CCN(CC(=O)O)CCN(CC(=O)O)CC3)c1)-c1c(c(C(=O)N3CCOCC3(C)C)nn1-c1cc(Cl)cc(Cl)c1)CO2. The number of ether oxygens (including phenoxy) is 3. The molecule has 3 aliphatic rings. The van der Waals surface area contributed by atoms with Crippen molar-refractivity contribution in [1.82, 2.24) is 60.5 Å². The molecule has 6 amide bonds. The number of rotatable bonds is 29. The molecule has 3 aliphatic heterocycles. The van der Waals surface area contributed by atoms with Gasteiger partial charge in [0.1, 0.15) is 30.2 Å². The van der Waals surface area contributed by atoms with Gasteiger partial charge in [-0.25, -0.2) is 4.68 Å². The first-order chi connectivity index (χ1) is 45.6. The number of hydrogen-bond acceptors (Lipinski definition) is 21. The van der Waals surface area contributed by atoms with Gasteiger partial charge < -0.3 is 77.0 Å². The number of fused-ring (bicyclic) bond motifs is 3. The first-order valence-corrected chi connectivity index (χ1v) is 31.3. The highest BCUT2D eigenvalue weighted by molar-refractivity contribution is 6.35. The second-order valence-corrected chi connectivity index (χ2v) is 24.5. The number of carbonyl (C=O) groups is 11. The number of aliphatic carboxylic acids is 5. The summed E-state index contributed by atoms with van der Waals surface area (Å²) < 4.78 is 19.4. The van der Waals surface area contributed by atoms with E-state index in [-0.39, 0.29) is 135 Å². The van der Waals surface area contributed by atoms with Crippen LogP contribution in [-0.2, 0) is 59.3 Å². The van der Waals surface area contributed by atoms with Crippen molar-refractivity contribution in [2.24, 2.45) is 5.73 Å². The standard InChI is InChI=1S/C61H78Cl2N14O19/c1-61(2)34-95-18-17-76(61)60(93)55-42-33-96-47-26-46(94-3)40(23-41(47)56(42)77(71-55)39-21-36(62)20-37(63)22-39)35-19-38(28-65-27-35)68-48(78)6-8-67-58(91)44(24-50(80)81)70-59(92)45(25-51(82)83)69-57(90)43(64)5-4-7-66-49(79)29-72-9-11-73(30-52(84)85)13-15-75(32-54(88)89)16-14-74(12-10-72)31-53(86)87/h19-23,26-28,43-45H,4-18,24-25,29-34,64H2,1-3H3,(H,66,79)(H,67,91)(H,68,78)(H,69,90)(H,70,92)(H,80,81)(H,82,83)(H,84,85)(H,86,87)(H,88,89)/t43-,44-,45-/m1/s1. The molecule has 0 spiro atoms. The van der Waals surface area contributed by atoms with Gasteiger partial charge in [-0.15, -0.1) is 0 Å². The number of halogens is 2. The van der Waals surface area contributed by atoms with E-state index >= 15 is 0 Å². The molecule has 5 heterocycles. The molecule has 2 fully saturated rings. The van der Waals surface area contributed by atoms with Crippen LogP contribution in [0.3, 0.4) is 0 Å². The summed E-state index contributed by atoms with van der Waals surface area (Å²) in [4.78, 5) is 153. The Labute approximate surface area is 560 Å². The number of nitrogens with two attached hydrogens (primary N) is 1. The molecule has 2 aromatic heterocycles. The third-order valence-electron chi connectivity index (χ3n) is 15.8. The Balaban J connectivity index is 0.932. The van der Waals surface area contributed by atoms with Crippen molar-refractivity contribution in [1.29, 1.82) is 0 Å². The first-order valence-electron chi connectivity index (χ1n) is 30.6. The van der Waals surface area contributed by atoms with Gasteiger partial charge in [0, 0.05) is 123 Å². The average molecular weight is 1380 g/mol. The van der Waals surface area contributed by atoms with Gasteiger partial charge in [0.25, 0.3) is 5.91 Å². The Kier molecular flexibility index (Phi) is 26.7. The minimum Gasteiger partial charge on any atom is -0.496 e. The number of nitrogens with zero attached hydrogens (tertiary/aromatic N) is 8. The molecule has 35 heteroatoms. The van der Waals surface area contributed by atoms with Crippen LogP contribution < -0.4 is 41.8 Å². The Morgan fingerprint density at radius 2 is 1.22 bits per heavy atom. The predicted molar refractivity (Wildman–Crippen MR) is 343 cm³/mol. The van der Waals surface area contributed by atoms with Crippen LogP contribution in [0.2, 0.25) is 10.0 Å². The van der Waals surface area contributed by atoms with Crippen molar-refractivity contribution >= 4 is 94.2 Å². The third-order valence-corrected chi connectivity index (χ3v) is 16.3. The molecule has 0 saturated carbocycles. The highest BCUT2D eigenvalue weighted by Crippen LogP contribution is 2.47. The maximum atomic E-state index is 14.4. The van der Waals surface area contributed by atoms with Crippen LogP contribution >= 0.6 is 23.2 Å². The van der Waals surface area contributed by atoms with Crippen molar-refractivity contribution < 1.29 is 92.5 Å². The van der Waals surface area contributed by atoms with Crippen LogP contribution in [0.25, 0.3) is 28.1 Å². The van der Waals surface area contributed by atoms with Crippen LogP contribution in [0.4, 0.5) is 5.69 Å². The van der Waals surface area contributed by atoms with Gasteiger partial charge in [-0.2, -0.15) is 5.10 Å². The van der Waals surface area contributed by atoms with Crippen LogP contribution in [0.15, 0.2) is 48.8 Å². The number of morpholine rings is 1. The minimum atomic E-state index is -1.86. The second kappa shape index (κ2) is 34.5. The molecule has 96 heavy (non-hydrogen) atoms. The summed E-state index contributed by atoms with van der Waals surface area (Å²) in [6.45, 7) is 4.60. The van der Waals surface area contributed by atoms with Gasteiger partial charge >= 0.3 is 29.8 Å². The third kappa shape index (κ3) is 21.5. The summed E-state index contributed by atoms with van der Waals surface area (Å²) in [5, 5.41) is 65.6. The summed E-state index contributed by atoms with van der Waals surface area (Å²) in [6.07, 6.45) is 0.502. The molecule has 0 radical (unpaired) electrons. The fourth-order valence-corrected chi connectivity index (χ4v) is 11.5. The molecule has 3 atom stereocenters. The summed E-state index contributed by atoms with van der Waals surface area (Å²) in [5.74, 6) is -10.4. The zero-order valence-corrected chi connectivity index (χ0v) is 54.5. The fraction of sp³-hybridized carbons (Fsp3) is 0.492. The number of carbonyl (C=O) groups excluding carboxylic acids is 6. The van der Waals surface area contributed by atoms with Crippen molar-refractivity contribution in [3.8, 4) is 39.6 Å². The van der Waals surface area contributed by atoms with E-state index in [1.807, 2.05) is 13.8 Å². The quantitative estimate of drug-likeness (QED) is 0.0322. The summed E-state index contributed by atoms with van der Waals surface area (Å²) in [6, 6.07) is 4.89. The van der Waals surface area contributed by atoms with E-state index in [1.165, 1.54) is 19.5 Å². The molecular weight excluding hydrogens is 1300 g/mol. The zero-order valence-electron chi connectivity index (χ0n) is 53.0. The number of hydrogen-bond donors (Lipinski definition) is 11. The topological polar surface area (TPSA) is 450 Å². The number of aromatic nitrogens is 3. The van der Waals surface area contributed by atoms with Crippen LogP contribution in [-0.4, -0.2) is 272 Å².